The van der Waals surface area contributed by atoms with Crippen LogP contribution in [0.2, 0.25) is 0 Å². The molecule has 1 aromatic carbocycles. The van der Waals surface area contributed by atoms with Crippen LogP contribution in [0.25, 0.3) is 0 Å². The van der Waals surface area contributed by atoms with E-state index in [4.69, 9.17) is 5.11 Å². The minimum Gasteiger partial charge on any atom is -0.508 e. The lowest BCUT2D eigenvalue weighted by molar-refractivity contribution is -0.126. The van der Waals surface area contributed by atoms with Crippen molar-refractivity contribution in [1.82, 2.24) is 5.32 Å². The van der Waals surface area contributed by atoms with Gasteiger partial charge in [0.25, 0.3) is 0 Å². The second-order valence-corrected chi connectivity index (χ2v) is 5.77. The number of carbonyl (C=O) groups is 1. The first-order valence-corrected chi connectivity index (χ1v) is 7.42. The molecule has 1 rings (SSSR count). The van der Waals surface area contributed by atoms with Crippen LogP contribution in [0.3, 0.4) is 0 Å². The minimum absolute atomic E-state index is 0.0513. The molecule has 0 aliphatic rings. The molecule has 0 saturated carbocycles. The van der Waals surface area contributed by atoms with E-state index in [2.05, 4.69) is 5.32 Å². The fourth-order valence-electron chi connectivity index (χ4n) is 2.20. The maximum Gasteiger partial charge on any atom is 0.223 e. The fourth-order valence-corrected chi connectivity index (χ4v) is 2.20. The molecule has 5 N–H and O–H groups in total. The van der Waals surface area contributed by atoms with E-state index in [1.165, 1.54) is 12.1 Å². The smallest absolute Gasteiger partial charge is 0.223 e. The van der Waals surface area contributed by atoms with E-state index >= 15 is 0 Å². The molecule has 0 bridgehead atoms. The molecule has 0 radical (unpaired) electrons. The Labute approximate surface area is 130 Å². The third kappa shape index (κ3) is 5.20. The standard InChI is InChI=1S/C16H25NO5/c1-10(2)14(9-19)17-16(22)12(5-6-18)7-11-3-4-13(20)8-15(11)21/h3-4,8,10,12,14,18-21H,5-7,9H2,1-2H3,(H,17,22). The average molecular weight is 311 g/mol. The second kappa shape index (κ2) is 8.60. The van der Waals surface area contributed by atoms with Gasteiger partial charge < -0.3 is 25.7 Å². The number of amides is 1. The molecule has 2 unspecified atom stereocenters. The Morgan fingerprint density at radius 2 is 1.91 bits per heavy atom. The lowest BCUT2D eigenvalue weighted by Crippen LogP contribution is -2.44. The van der Waals surface area contributed by atoms with Crippen molar-refractivity contribution in [2.75, 3.05) is 13.2 Å². The van der Waals surface area contributed by atoms with Gasteiger partial charge in [-0.2, -0.15) is 0 Å². The third-order valence-corrected chi connectivity index (χ3v) is 3.71. The zero-order chi connectivity index (χ0) is 16.7. The summed E-state index contributed by atoms with van der Waals surface area (Å²) in [5, 5.41) is 40.3. The van der Waals surface area contributed by atoms with Gasteiger partial charge in [-0.15, -0.1) is 0 Å². The Morgan fingerprint density at radius 1 is 1.23 bits per heavy atom. The van der Waals surface area contributed by atoms with Crippen molar-refractivity contribution in [3.8, 4) is 11.5 Å². The Morgan fingerprint density at radius 3 is 2.41 bits per heavy atom. The fraction of sp³-hybridized carbons (Fsp3) is 0.562. The molecular weight excluding hydrogens is 286 g/mol. The molecule has 0 aromatic heterocycles. The lowest BCUT2D eigenvalue weighted by Gasteiger charge is -2.24. The van der Waals surface area contributed by atoms with E-state index in [1.54, 1.807) is 6.07 Å². The highest BCUT2D eigenvalue weighted by molar-refractivity contribution is 5.79. The first-order valence-electron chi connectivity index (χ1n) is 7.42. The van der Waals surface area contributed by atoms with Gasteiger partial charge in [0.2, 0.25) is 5.91 Å². The van der Waals surface area contributed by atoms with E-state index in [-0.39, 0.29) is 55.4 Å². The number of hydrogen-bond acceptors (Lipinski definition) is 5. The summed E-state index contributed by atoms with van der Waals surface area (Å²) in [7, 11) is 0. The van der Waals surface area contributed by atoms with Gasteiger partial charge in [0, 0.05) is 18.6 Å². The normalized spacial score (nSPS) is 13.9. The number of phenolic OH excluding ortho intramolecular Hbond substituents is 2. The zero-order valence-electron chi connectivity index (χ0n) is 13.0. The zero-order valence-corrected chi connectivity index (χ0v) is 13.0. The summed E-state index contributed by atoms with van der Waals surface area (Å²) in [5.74, 6) is -0.837. The minimum atomic E-state index is -0.520. The average Bonchev–Trinajstić information content (AvgIpc) is 2.46. The number of hydrogen-bond donors (Lipinski definition) is 5. The Hall–Kier alpha value is -1.79. The SMILES string of the molecule is CC(C)C(CO)NC(=O)C(CCO)Cc1ccc(O)cc1O. The van der Waals surface area contributed by atoms with Gasteiger partial charge in [-0.25, -0.2) is 0 Å². The molecule has 6 nitrogen and oxygen atoms in total. The molecule has 0 saturated heterocycles. The van der Waals surface area contributed by atoms with Crippen LogP contribution in [0, 0.1) is 11.8 Å². The number of aliphatic hydroxyl groups excluding tert-OH is 2. The van der Waals surface area contributed by atoms with Crippen LogP contribution in [0.15, 0.2) is 18.2 Å². The van der Waals surface area contributed by atoms with E-state index in [9.17, 15) is 20.1 Å². The van der Waals surface area contributed by atoms with Crippen LogP contribution in [-0.4, -0.2) is 45.6 Å². The van der Waals surface area contributed by atoms with Gasteiger partial charge in [0.05, 0.1) is 12.6 Å². The molecule has 6 heteroatoms. The van der Waals surface area contributed by atoms with E-state index in [1.807, 2.05) is 13.8 Å². The molecule has 22 heavy (non-hydrogen) atoms. The van der Waals surface area contributed by atoms with Gasteiger partial charge in [0.15, 0.2) is 0 Å². The quantitative estimate of drug-likeness (QED) is 0.487. The number of aliphatic hydroxyl groups is 2. The molecule has 124 valence electrons. The molecule has 0 spiro atoms. The van der Waals surface area contributed by atoms with Crippen LogP contribution in [0.5, 0.6) is 11.5 Å². The van der Waals surface area contributed by atoms with Gasteiger partial charge in [-0.1, -0.05) is 19.9 Å². The highest BCUT2D eigenvalue weighted by Gasteiger charge is 2.23. The van der Waals surface area contributed by atoms with Crippen molar-refractivity contribution < 1.29 is 25.2 Å². The summed E-state index contributed by atoms with van der Waals surface area (Å²) < 4.78 is 0. The summed E-state index contributed by atoms with van der Waals surface area (Å²) in [4.78, 5) is 12.3. The van der Waals surface area contributed by atoms with Crippen LogP contribution < -0.4 is 5.32 Å². The molecule has 2 atom stereocenters. The largest absolute Gasteiger partial charge is 0.508 e. The first kappa shape index (κ1) is 18.3. The topological polar surface area (TPSA) is 110 Å². The van der Waals surface area contributed by atoms with Gasteiger partial charge in [0.1, 0.15) is 11.5 Å². The molecule has 1 amide bonds. The number of nitrogens with one attached hydrogen (secondary N) is 1. The van der Waals surface area contributed by atoms with Crippen molar-refractivity contribution in [1.29, 1.82) is 0 Å². The Balaban J connectivity index is 2.81. The van der Waals surface area contributed by atoms with Crippen molar-refractivity contribution in [3.05, 3.63) is 23.8 Å². The van der Waals surface area contributed by atoms with Gasteiger partial charge >= 0.3 is 0 Å². The number of carbonyl (C=O) groups excluding carboxylic acids is 1. The van der Waals surface area contributed by atoms with Crippen molar-refractivity contribution in [2.45, 2.75) is 32.7 Å². The lowest BCUT2D eigenvalue weighted by atomic mass is 9.94. The summed E-state index contributed by atoms with van der Waals surface area (Å²) in [6.07, 6.45) is 0.497. The van der Waals surface area contributed by atoms with Gasteiger partial charge in [-0.05, 0) is 30.4 Å². The maximum absolute atomic E-state index is 12.3. The van der Waals surface area contributed by atoms with Crippen LogP contribution >= 0.6 is 0 Å². The first-order chi connectivity index (χ1) is 10.4. The molecular formula is C16H25NO5. The summed E-state index contributed by atoms with van der Waals surface area (Å²) >= 11 is 0. The Kier molecular flexibility index (Phi) is 7.14. The molecule has 0 heterocycles. The highest BCUT2D eigenvalue weighted by atomic mass is 16.3. The summed E-state index contributed by atoms with van der Waals surface area (Å²) in [6.45, 7) is 3.49. The van der Waals surface area contributed by atoms with Crippen molar-refractivity contribution >= 4 is 5.91 Å². The number of phenols is 2. The van der Waals surface area contributed by atoms with E-state index < -0.39 is 5.92 Å². The maximum atomic E-state index is 12.3. The van der Waals surface area contributed by atoms with Crippen LogP contribution in [0.4, 0.5) is 0 Å². The summed E-state index contributed by atoms with van der Waals surface area (Å²) in [5.41, 5.74) is 0.525. The number of rotatable bonds is 8. The van der Waals surface area contributed by atoms with Gasteiger partial charge in [-0.3, -0.25) is 4.79 Å². The highest BCUT2D eigenvalue weighted by Crippen LogP contribution is 2.26. The molecule has 0 aliphatic carbocycles. The van der Waals surface area contributed by atoms with Crippen LogP contribution in [0.1, 0.15) is 25.8 Å². The Bertz CT molecular complexity index is 489. The molecule has 1 aromatic rings. The van der Waals surface area contributed by atoms with Crippen LogP contribution in [-0.2, 0) is 11.2 Å². The second-order valence-electron chi connectivity index (χ2n) is 5.77. The number of benzene rings is 1. The van der Waals surface area contributed by atoms with Crippen molar-refractivity contribution in [2.24, 2.45) is 11.8 Å². The van der Waals surface area contributed by atoms with E-state index in [0.717, 1.165) is 0 Å². The number of aromatic hydroxyl groups is 2. The predicted octanol–water partition coefficient (Wildman–Crippen LogP) is 0.772. The monoisotopic (exact) mass is 311 g/mol. The summed E-state index contributed by atoms with van der Waals surface area (Å²) in [6, 6.07) is 3.86. The van der Waals surface area contributed by atoms with E-state index in [0.29, 0.717) is 5.56 Å². The molecule has 0 aliphatic heterocycles. The predicted molar refractivity (Wildman–Crippen MR) is 82.5 cm³/mol. The molecule has 0 fully saturated rings. The van der Waals surface area contributed by atoms with Crippen molar-refractivity contribution in [3.63, 3.8) is 0 Å². The third-order valence-electron chi connectivity index (χ3n) is 3.71.